The molecule has 0 heterocycles. The molecule has 0 aromatic heterocycles. The lowest BCUT2D eigenvalue weighted by atomic mass is 9.71. The number of likely N-dealkylation sites (N-methyl/N-ethyl adjacent to an activating group) is 1. The number of aliphatic hydroxyl groups excluding tert-OH is 1. The number of aliphatic hydroxyl groups is 2. The Morgan fingerprint density at radius 1 is 0.711 bits per heavy atom. The van der Waals surface area contributed by atoms with Crippen molar-refractivity contribution in [2.45, 2.75) is 145 Å². The number of ether oxygens (including phenoxy) is 2. The first-order valence-corrected chi connectivity index (χ1v) is 27.1. The Hall–Kier alpha value is -8.64. The van der Waals surface area contributed by atoms with Crippen LogP contribution in [0.5, 0.6) is 17.2 Å². The van der Waals surface area contributed by atoms with Gasteiger partial charge in [0, 0.05) is 75.6 Å². The molecule has 83 heavy (non-hydrogen) atoms. The van der Waals surface area contributed by atoms with Crippen molar-refractivity contribution in [2.75, 3.05) is 40.4 Å². The van der Waals surface area contributed by atoms with Gasteiger partial charge in [-0.05, 0) is 76.7 Å². The van der Waals surface area contributed by atoms with Gasteiger partial charge >= 0.3 is 0 Å². The number of Topliss-reactive ketones (excluding diaryl/α,β-unsaturated/α-hetero) is 1. The molecular formula is C53H77N15O15. The first-order chi connectivity index (χ1) is 39.3. The van der Waals surface area contributed by atoms with E-state index in [4.69, 9.17) is 43.9 Å². The van der Waals surface area contributed by atoms with Crippen molar-refractivity contribution in [2.24, 2.45) is 49.4 Å². The minimum absolute atomic E-state index is 0.0182. The maximum atomic E-state index is 14.1. The summed E-state index contributed by atoms with van der Waals surface area (Å²) in [4.78, 5) is 134. The Bertz CT molecular complexity index is 2870. The number of nitrogens with two attached hydrogens (primary N) is 6. The van der Waals surface area contributed by atoms with Crippen LogP contribution in [0.4, 0.5) is 0 Å². The molecule has 0 aliphatic heterocycles. The van der Waals surface area contributed by atoms with Gasteiger partial charge in [0.15, 0.2) is 29.4 Å². The molecule has 5 rings (SSSR count). The normalized spacial score (nSPS) is 19.3. The van der Waals surface area contributed by atoms with Crippen molar-refractivity contribution in [3.63, 3.8) is 0 Å². The largest absolute Gasteiger partial charge is 0.507 e. The molecule has 1 fully saturated rings. The van der Waals surface area contributed by atoms with Crippen LogP contribution in [0.1, 0.15) is 139 Å². The third-order valence-electron chi connectivity index (χ3n) is 14.4. The van der Waals surface area contributed by atoms with E-state index < -0.39 is 149 Å². The molecule has 3 aliphatic rings. The number of phenols is 2. The molecule has 30 heteroatoms. The topological polar surface area (TPSA) is 518 Å². The van der Waals surface area contributed by atoms with Crippen molar-refractivity contribution >= 4 is 70.7 Å². The molecule has 2 unspecified atom stereocenters. The first-order valence-electron chi connectivity index (χ1n) is 27.1. The summed E-state index contributed by atoms with van der Waals surface area (Å²) < 4.78 is 11.9. The maximum absolute atomic E-state index is 14.1. The minimum Gasteiger partial charge on any atom is -0.507 e. The van der Waals surface area contributed by atoms with Gasteiger partial charge in [-0.15, -0.1) is 0 Å². The summed E-state index contributed by atoms with van der Waals surface area (Å²) in [7, 11) is 2.67. The third kappa shape index (κ3) is 17.2. The van der Waals surface area contributed by atoms with E-state index >= 15 is 0 Å². The van der Waals surface area contributed by atoms with Crippen molar-refractivity contribution < 1.29 is 73.1 Å². The van der Waals surface area contributed by atoms with Crippen LogP contribution in [0.25, 0.3) is 0 Å². The third-order valence-corrected chi connectivity index (χ3v) is 14.4. The second-order valence-electron chi connectivity index (χ2n) is 20.5. The van der Waals surface area contributed by atoms with Crippen LogP contribution >= 0.6 is 0 Å². The average molecular weight is 1160 g/mol. The Balaban J connectivity index is 1.31. The number of guanidine groups is 3. The number of nitrogens with one attached hydrogen (secondary N) is 6. The summed E-state index contributed by atoms with van der Waals surface area (Å²) in [5.41, 5.74) is 28.7. The van der Waals surface area contributed by atoms with Crippen LogP contribution in [0.3, 0.4) is 0 Å². The van der Waals surface area contributed by atoms with Crippen LogP contribution < -0.4 is 71.0 Å². The number of nitrogens with zero attached hydrogens (tertiary/aromatic N) is 3. The zero-order chi connectivity index (χ0) is 61.3. The number of ketones is 3. The number of methoxy groups -OCH3 is 1. The summed E-state index contributed by atoms with van der Waals surface area (Å²) in [5, 5.41) is 61.2. The highest BCUT2D eigenvalue weighted by atomic mass is 16.5. The number of benzene rings is 2. The summed E-state index contributed by atoms with van der Waals surface area (Å²) in [6.07, 6.45) is -2.09. The molecular weight excluding hydrogens is 1090 g/mol. The number of amides is 6. The molecule has 0 spiro atoms. The molecule has 22 N–H and O–H groups in total. The van der Waals surface area contributed by atoms with Gasteiger partial charge in [-0.1, -0.05) is 12.1 Å². The highest BCUT2D eigenvalue weighted by molar-refractivity contribution is 6.31. The lowest BCUT2D eigenvalue weighted by Crippen LogP contribution is -2.56. The van der Waals surface area contributed by atoms with Gasteiger partial charge in [0.2, 0.25) is 41.2 Å². The fourth-order valence-corrected chi connectivity index (χ4v) is 10.4. The molecule has 6 amide bonds. The fraction of sp³-hybridized carbons (Fsp3) is 0.547. The molecule has 3 aliphatic carbocycles. The lowest BCUT2D eigenvalue weighted by molar-refractivity contribution is -0.150. The number of carbonyl (C=O) groups is 9. The fourth-order valence-electron chi connectivity index (χ4n) is 10.4. The van der Waals surface area contributed by atoms with E-state index in [1.165, 1.54) is 39.3 Å². The maximum Gasteiger partial charge on any atom is 0.243 e. The number of aliphatic imine (C=N–C) groups is 3. The Kier molecular flexibility index (Phi) is 23.5. The van der Waals surface area contributed by atoms with Crippen LogP contribution in [0.15, 0.2) is 33.2 Å². The second-order valence-corrected chi connectivity index (χ2v) is 20.5. The molecule has 0 saturated heterocycles. The monoisotopic (exact) mass is 1160 g/mol. The summed E-state index contributed by atoms with van der Waals surface area (Å²) >= 11 is 0. The molecule has 454 valence electrons. The molecule has 2 aromatic rings. The van der Waals surface area contributed by atoms with E-state index in [-0.39, 0.29) is 110 Å². The Labute approximate surface area is 477 Å². The van der Waals surface area contributed by atoms with Crippen LogP contribution in [0, 0.1) is 0 Å². The highest BCUT2D eigenvalue weighted by Crippen LogP contribution is 2.52. The number of hydrogen-bond donors (Lipinski definition) is 16. The zero-order valence-corrected chi connectivity index (χ0v) is 46.6. The SMILES string of the molecule is CNC(=O)[C@H](CCCN=C(N)N)NC(=O)[C@H](CCCN=C(N)N)NC(=O)[C@H](CCCN=C(N)N)NC(=O)CC[C@H](NC(C)=O)C(=O)NC1CCCC(O[C@H]2C[C@@](O)(C(=O)CO)Cc3c(O)c4c(c(O)c32)C(=O)c2c(OC)cccc2C4=O)C1. The van der Waals surface area contributed by atoms with Crippen molar-refractivity contribution in [1.29, 1.82) is 0 Å². The smallest absolute Gasteiger partial charge is 0.243 e. The number of rotatable bonds is 29. The van der Waals surface area contributed by atoms with Gasteiger partial charge in [-0.2, -0.15) is 0 Å². The van der Waals surface area contributed by atoms with Crippen LogP contribution in [-0.4, -0.2) is 173 Å². The van der Waals surface area contributed by atoms with E-state index in [0.29, 0.717) is 25.7 Å². The molecule has 30 nitrogen and oxygen atoms in total. The number of phenolic OH excluding ortho intramolecular Hbond substituents is 2. The summed E-state index contributed by atoms with van der Waals surface area (Å²) in [6.45, 7) is 0.357. The van der Waals surface area contributed by atoms with Gasteiger partial charge in [0.25, 0.3) is 0 Å². The van der Waals surface area contributed by atoms with Crippen LogP contribution in [-0.2, 0) is 44.7 Å². The van der Waals surface area contributed by atoms with E-state index in [1.54, 1.807) is 0 Å². The van der Waals surface area contributed by atoms with Gasteiger partial charge in [-0.25, -0.2) is 0 Å². The zero-order valence-electron chi connectivity index (χ0n) is 46.6. The quantitative estimate of drug-likeness (QED) is 0.0137. The minimum atomic E-state index is -2.36. The number of fused-ring (bicyclic) bond motifs is 3. The highest BCUT2D eigenvalue weighted by Gasteiger charge is 2.50. The van der Waals surface area contributed by atoms with E-state index in [2.05, 4.69) is 46.9 Å². The van der Waals surface area contributed by atoms with Gasteiger partial charge in [0.1, 0.15) is 53.6 Å². The second kappa shape index (κ2) is 29.9. The number of aromatic hydroxyl groups is 2. The van der Waals surface area contributed by atoms with E-state index in [9.17, 15) is 63.6 Å². The first kappa shape index (κ1) is 65.2. The van der Waals surface area contributed by atoms with Crippen LogP contribution in [0.2, 0.25) is 0 Å². The van der Waals surface area contributed by atoms with Crippen molar-refractivity contribution in [1.82, 2.24) is 31.9 Å². The predicted molar refractivity (Wildman–Crippen MR) is 299 cm³/mol. The number of carbonyl (C=O) groups excluding carboxylic acids is 9. The Morgan fingerprint density at radius 2 is 1.25 bits per heavy atom. The molecule has 2 aromatic carbocycles. The summed E-state index contributed by atoms with van der Waals surface area (Å²) in [6, 6.07) is -1.31. The molecule has 1 saturated carbocycles. The molecule has 0 radical (unpaired) electrons. The standard InChI is InChI=1S/C53H77N15O15/c1-25(70)64-33(16-17-37(72)66-31(13-7-19-62-51(56)57)48(79)68-32(14-8-20-63-52(58)59)49(80)67-30(46(77)60-2)12-6-18-61-50(54)55)47(78)65-26-9-4-10-27(21-26)83-35-23-53(81,36(71)24-69)22-29-39(35)45(76)41-40(43(29)74)42(73)28-11-5-15-34(82-3)38(28)44(41)75/h5,11,15,26-27,30-33,35,69,74,76,81H,4,6-10,12-14,16-24H2,1-3H3,(H,60,77)(H,64,70)(H,65,78)(H,66,72)(H,67,80)(H,68,79)(H4,54,55,61)(H4,56,57,62)(H4,58,59,63)/t26?,27?,30-,31-,32-,33-,35-,53+/m0/s1. The Morgan fingerprint density at radius 3 is 1.78 bits per heavy atom. The molecule has 8 atom stereocenters. The van der Waals surface area contributed by atoms with Gasteiger partial charge in [0.05, 0.1) is 36.0 Å². The van der Waals surface area contributed by atoms with E-state index in [1.807, 2.05) is 0 Å². The predicted octanol–water partition coefficient (Wildman–Crippen LogP) is -3.75. The van der Waals surface area contributed by atoms with Gasteiger partial charge in [-0.3, -0.25) is 58.1 Å². The average Bonchev–Trinajstić information content (AvgIpc) is 2.77. The van der Waals surface area contributed by atoms with Gasteiger partial charge < -0.3 is 96.2 Å². The van der Waals surface area contributed by atoms with Crippen molar-refractivity contribution in [3.05, 3.63) is 51.6 Å². The van der Waals surface area contributed by atoms with E-state index in [0.717, 1.165) is 0 Å². The lowest BCUT2D eigenvalue weighted by Gasteiger charge is -2.41. The summed E-state index contributed by atoms with van der Waals surface area (Å²) in [5.74, 6) is -8.86. The molecule has 0 bridgehead atoms. The van der Waals surface area contributed by atoms with Crippen molar-refractivity contribution in [3.8, 4) is 17.2 Å². The number of hydrogen-bond acceptors (Lipinski definition) is 18.